The molecular formula is C14H8F2N2O2S. The average molecular weight is 306 g/mol. The van der Waals surface area contributed by atoms with E-state index in [0.29, 0.717) is 27.5 Å². The minimum absolute atomic E-state index is 0.0555. The van der Waals surface area contributed by atoms with Crippen LogP contribution in [0.4, 0.5) is 8.78 Å². The number of fused-ring (bicyclic) bond motifs is 1. The van der Waals surface area contributed by atoms with Gasteiger partial charge in [-0.1, -0.05) is 0 Å². The highest BCUT2D eigenvalue weighted by atomic mass is 32.1. The number of aromatic nitrogens is 2. The quantitative estimate of drug-likeness (QED) is 0.552. The molecule has 0 N–H and O–H groups in total. The Labute approximate surface area is 121 Å². The van der Waals surface area contributed by atoms with Crippen molar-refractivity contribution in [1.29, 1.82) is 0 Å². The number of aldehydes is 1. The molecule has 0 aliphatic heterocycles. The average Bonchev–Trinajstić information content (AvgIpc) is 2.90. The fraction of sp³-hybridized carbons (Fsp3) is 0.0714. The topological polar surface area (TPSA) is 52.0 Å². The molecule has 0 radical (unpaired) electrons. The highest BCUT2D eigenvalue weighted by molar-refractivity contribution is 7.17. The molecule has 3 aromatic heterocycles. The standard InChI is InChI=1S/C14H8F2N2O2S/c15-10-5-8(6-17-13(10)16)9-7-21-11-1-2-18(3-4-19)14(20)12(9)11/h1-2,4-7H,3H2. The van der Waals surface area contributed by atoms with Gasteiger partial charge in [0.25, 0.3) is 5.56 Å². The second-order valence-corrected chi connectivity index (χ2v) is 5.24. The van der Waals surface area contributed by atoms with Crippen molar-refractivity contribution in [1.82, 2.24) is 9.55 Å². The van der Waals surface area contributed by atoms with E-state index in [1.165, 1.54) is 28.3 Å². The van der Waals surface area contributed by atoms with Crippen LogP contribution < -0.4 is 5.56 Å². The summed E-state index contributed by atoms with van der Waals surface area (Å²) in [5.41, 5.74) is 0.452. The number of thiophene rings is 1. The first-order chi connectivity index (χ1) is 10.1. The lowest BCUT2D eigenvalue weighted by Crippen LogP contribution is -2.19. The lowest BCUT2D eigenvalue weighted by atomic mass is 10.1. The van der Waals surface area contributed by atoms with Crippen LogP contribution in [-0.4, -0.2) is 15.8 Å². The van der Waals surface area contributed by atoms with Crippen molar-refractivity contribution in [3.63, 3.8) is 0 Å². The highest BCUT2D eigenvalue weighted by Crippen LogP contribution is 2.31. The van der Waals surface area contributed by atoms with E-state index in [9.17, 15) is 18.4 Å². The van der Waals surface area contributed by atoms with E-state index < -0.39 is 11.8 Å². The minimum Gasteiger partial charge on any atom is -0.308 e. The number of halogens is 2. The van der Waals surface area contributed by atoms with Crippen molar-refractivity contribution < 1.29 is 13.6 Å². The number of rotatable bonds is 3. The van der Waals surface area contributed by atoms with Crippen LogP contribution in [0.3, 0.4) is 0 Å². The summed E-state index contributed by atoms with van der Waals surface area (Å²) in [6.45, 7) is -0.0555. The first-order valence-corrected chi connectivity index (χ1v) is 6.85. The molecule has 0 fully saturated rings. The number of nitrogens with zero attached hydrogens (tertiary/aromatic N) is 2. The number of pyridine rings is 2. The zero-order chi connectivity index (χ0) is 15.0. The van der Waals surface area contributed by atoms with Crippen molar-refractivity contribution in [3.8, 4) is 11.1 Å². The summed E-state index contributed by atoms with van der Waals surface area (Å²) in [4.78, 5) is 26.3. The third-order valence-corrected chi connectivity index (χ3v) is 4.03. The van der Waals surface area contributed by atoms with Gasteiger partial charge < -0.3 is 9.36 Å². The molecule has 0 aromatic carbocycles. The van der Waals surface area contributed by atoms with E-state index >= 15 is 0 Å². The van der Waals surface area contributed by atoms with Gasteiger partial charge in [0.2, 0.25) is 5.95 Å². The van der Waals surface area contributed by atoms with Crippen LogP contribution >= 0.6 is 11.3 Å². The fourth-order valence-corrected chi connectivity index (χ4v) is 3.04. The Bertz CT molecular complexity index is 902. The van der Waals surface area contributed by atoms with Crippen molar-refractivity contribution in [2.45, 2.75) is 6.54 Å². The van der Waals surface area contributed by atoms with E-state index in [2.05, 4.69) is 4.98 Å². The molecule has 3 heterocycles. The highest BCUT2D eigenvalue weighted by Gasteiger charge is 2.14. The first-order valence-electron chi connectivity index (χ1n) is 5.97. The molecular weight excluding hydrogens is 298 g/mol. The van der Waals surface area contributed by atoms with Crippen molar-refractivity contribution in [2.75, 3.05) is 0 Å². The number of carbonyl (C=O) groups is 1. The molecule has 0 spiro atoms. The maximum atomic E-state index is 13.3. The van der Waals surface area contributed by atoms with Crippen LogP contribution in [0.25, 0.3) is 21.2 Å². The van der Waals surface area contributed by atoms with E-state index in [4.69, 9.17) is 0 Å². The van der Waals surface area contributed by atoms with Crippen molar-refractivity contribution >= 4 is 27.7 Å². The lowest BCUT2D eigenvalue weighted by molar-refractivity contribution is -0.108. The minimum atomic E-state index is -1.18. The molecule has 3 aromatic rings. The molecule has 0 saturated heterocycles. The maximum Gasteiger partial charge on any atom is 0.260 e. The molecule has 0 aliphatic carbocycles. The Morgan fingerprint density at radius 1 is 1.38 bits per heavy atom. The molecule has 3 rings (SSSR count). The van der Waals surface area contributed by atoms with Gasteiger partial charge in [-0.25, -0.2) is 9.37 Å². The Balaban J connectivity index is 2.27. The predicted octanol–water partition coefficient (Wildman–Crippen LogP) is 2.60. The number of hydrogen-bond donors (Lipinski definition) is 0. The molecule has 0 aliphatic rings. The van der Waals surface area contributed by atoms with Gasteiger partial charge in [0.15, 0.2) is 5.82 Å². The van der Waals surface area contributed by atoms with Gasteiger partial charge in [0.05, 0.1) is 11.9 Å². The Hall–Kier alpha value is -2.41. The molecule has 0 saturated carbocycles. The molecule has 0 bridgehead atoms. The van der Waals surface area contributed by atoms with Gasteiger partial charge in [-0.2, -0.15) is 4.39 Å². The summed E-state index contributed by atoms with van der Waals surface area (Å²) < 4.78 is 28.2. The van der Waals surface area contributed by atoms with Crippen LogP contribution in [-0.2, 0) is 11.3 Å². The van der Waals surface area contributed by atoms with Crippen LogP contribution in [0, 0.1) is 11.8 Å². The van der Waals surface area contributed by atoms with Gasteiger partial charge in [-0.15, -0.1) is 11.3 Å². The van der Waals surface area contributed by atoms with Crippen LogP contribution in [0.15, 0.2) is 34.7 Å². The molecule has 106 valence electrons. The molecule has 21 heavy (non-hydrogen) atoms. The van der Waals surface area contributed by atoms with Gasteiger partial charge in [-0.05, 0) is 12.1 Å². The predicted molar refractivity (Wildman–Crippen MR) is 75.3 cm³/mol. The lowest BCUT2D eigenvalue weighted by Gasteiger charge is -2.03. The summed E-state index contributed by atoms with van der Waals surface area (Å²) in [6, 6.07) is 2.71. The largest absolute Gasteiger partial charge is 0.308 e. The summed E-state index contributed by atoms with van der Waals surface area (Å²) in [5, 5.41) is 2.06. The second kappa shape index (κ2) is 5.17. The Morgan fingerprint density at radius 3 is 2.90 bits per heavy atom. The summed E-state index contributed by atoms with van der Waals surface area (Å²) in [6.07, 6.45) is 3.33. The van der Waals surface area contributed by atoms with Crippen molar-refractivity contribution in [3.05, 3.63) is 52.0 Å². The number of hydrogen-bond acceptors (Lipinski definition) is 4. The maximum absolute atomic E-state index is 13.3. The molecule has 7 heteroatoms. The van der Waals surface area contributed by atoms with E-state index in [0.717, 1.165) is 6.07 Å². The fourth-order valence-electron chi connectivity index (χ4n) is 2.09. The van der Waals surface area contributed by atoms with E-state index in [1.807, 2.05) is 0 Å². The van der Waals surface area contributed by atoms with Gasteiger partial charge >= 0.3 is 0 Å². The Morgan fingerprint density at radius 2 is 2.19 bits per heavy atom. The zero-order valence-corrected chi connectivity index (χ0v) is 11.4. The molecule has 0 atom stereocenters. The van der Waals surface area contributed by atoms with Gasteiger partial charge in [0, 0.05) is 33.6 Å². The SMILES string of the molecule is O=CCn1ccc2scc(-c3cnc(F)c(F)c3)c2c1=O. The summed E-state index contributed by atoms with van der Waals surface area (Å²) in [7, 11) is 0. The van der Waals surface area contributed by atoms with E-state index in [-0.39, 0.29) is 12.1 Å². The van der Waals surface area contributed by atoms with Gasteiger partial charge in [0.1, 0.15) is 6.29 Å². The molecule has 4 nitrogen and oxygen atoms in total. The third kappa shape index (κ3) is 2.25. The van der Waals surface area contributed by atoms with Crippen LogP contribution in [0.2, 0.25) is 0 Å². The zero-order valence-electron chi connectivity index (χ0n) is 10.5. The third-order valence-electron chi connectivity index (χ3n) is 3.08. The molecule has 0 unspecified atom stereocenters. The normalized spacial score (nSPS) is 11.0. The smallest absolute Gasteiger partial charge is 0.260 e. The van der Waals surface area contributed by atoms with Crippen LogP contribution in [0.1, 0.15) is 0 Å². The number of carbonyl (C=O) groups excluding carboxylic acids is 1. The summed E-state index contributed by atoms with van der Waals surface area (Å²) in [5.74, 6) is -2.26. The summed E-state index contributed by atoms with van der Waals surface area (Å²) >= 11 is 1.31. The monoisotopic (exact) mass is 306 g/mol. The van der Waals surface area contributed by atoms with E-state index in [1.54, 1.807) is 11.4 Å². The molecule has 0 amide bonds. The first kappa shape index (κ1) is 13.6. The Kier molecular flexibility index (Phi) is 3.34. The second-order valence-electron chi connectivity index (χ2n) is 4.33. The van der Waals surface area contributed by atoms with Gasteiger partial charge in [-0.3, -0.25) is 4.79 Å². The van der Waals surface area contributed by atoms with Crippen molar-refractivity contribution in [2.24, 2.45) is 0 Å². The van der Waals surface area contributed by atoms with Crippen LogP contribution in [0.5, 0.6) is 0 Å².